The molecule has 1 aliphatic heterocycles. The number of rotatable bonds is 5. The summed E-state index contributed by atoms with van der Waals surface area (Å²) in [4.78, 5) is 18.8. The number of aryl methyl sites for hydroxylation is 1. The second kappa shape index (κ2) is 7.36. The summed E-state index contributed by atoms with van der Waals surface area (Å²) in [5.41, 5.74) is 1.79. The lowest BCUT2D eigenvalue weighted by molar-refractivity contribution is -0.124. The lowest BCUT2D eigenvalue weighted by atomic mass is 10.1. The van der Waals surface area contributed by atoms with Crippen molar-refractivity contribution in [2.75, 3.05) is 19.6 Å². The molecule has 3 rings (SSSR count). The Morgan fingerprint density at radius 2 is 2.33 bits per heavy atom. The third-order valence-electron chi connectivity index (χ3n) is 4.33. The fourth-order valence-electron chi connectivity index (χ4n) is 3.04. The molecular weight excluding hydrogens is 326 g/mol. The molecule has 0 aliphatic carbocycles. The van der Waals surface area contributed by atoms with Crippen LogP contribution in [0.4, 0.5) is 0 Å². The van der Waals surface area contributed by atoms with E-state index in [9.17, 15) is 4.79 Å². The van der Waals surface area contributed by atoms with Gasteiger partial charge in [-0.2, -0.15) is 0 Å². The summed E-state index contributed by atoms with van der Waals surface area (Å²) >= 11 is 6.03. The predicted molar refractivity (Wildman–Crippen MR) is 93.8 cm³/mol. The van der Waals surface area contributed by atoms with Crippen LogP contribution in [-0.2, 0) is 11.3 Å². The fraction of sp³-hybridized carbons (Fsp3) is 0.444. The van der Waals surface area contributed by atoms with Crippen LogP contribution in [0.2, 0.25) is 5.02 Å². The second-order valence-electron chi connectivity index (χ2n) is 6.15. The van der Waals surface area contributed by atoms with Crippen LogP contribution in [0.15, 0.2) is 28.7 Å². The number of amides is 1. The van der Waals surface area contributed by atoms with E-state index in [1.807, 2.05) is 38.1 Å². The molecule has 1 saturated heterocycles. The predicted octanol–water partition coefficient (Wildman–Crippen LogP) is 3.26. The number of nitrogens with zero attached hydrogens (tertiary/aromatic N) is 2. The lowest BCUT2D eigenvalue weighted by Gasteiger charge is -2.14. The Morgan fingerprint density at radius 3 is 3.08 bits per heavy atom. The minimum Gasteiger partial charge on any atom is -0.441 e. The molecule has 1 atom stereocenters. The highest BCUT2D eigenvalue weighted by Gasteiger charge is 2.28. The van der Waals surface area contributed by atoms with Gasteiger partial charge >= 0.3 is 0 Å². The van der Waals surface area contributed by atoms with Gasteiger partial charge in [-0.1, -0.05) is 17.7 Å². The topological polar surface area (TPSA) is 58.4 Å². The standard InChI is InChI=1S/C18H22ClN3O2/c1-3-20-17(23)14-7-8-22(10-14)11-16-12(2)24-18(21-16)13-5-4-6-15(19)9-13/h4-6,9,14H,3,7-8,10-11H2,1-2H3,(H,20,23)/t14-/m1/s1. The molecule has 1 aromatic heterocycles. The van der Waals surface area contributed by atoms with Gasteiger partial charge in [0.2, 0.25) is 11.8 Å². The smallest absolute Gasteiger partial charge is 0.226 e. The maximum atomic E-state index is 11.9. The maximum absolute atomic E-state index is 11.9. The number of nitrogens with one attached hydrogen (secondary N) is 1. The van der Waals surface area contributed by atoms with Crippen LogP contribution >= 0.6 is 11.6 Å². The molecule has 5 nitrogen and oxygen atoms in total. The number of hydrogen-bond acceptors (Lipinski definition) is 4. The fourth-order valence-corrected chi connectivity index (χ4v) is 3.23. The molecule has 2 aromatic rings. The second-order valence-corrected chi connectivity index (χ2v) is 6.58. The van der Waals surface area contributed by atoms with Crippen molar-refractivity contribution in [1.82, 2.24) is 15.2 Å². The number of halogens is 1. The highest BCUT2D eigenvalue weighted by molar-refractivity contribution is 6.30. The molecule has 0 radical (unpaired) electrons. The number of aromatic nitrogens is 1. The van der Waals surface area contributed by atoms with Crippen molar-refractivity contribution in [1.29, 1.82) is 0 Å². The van der Waals surface area contributed by atoms with E-state index in [4.69, 9.17) is 16.0 Å². The zero-order chi connectivity index (χ0) is 17.1. The van der Waals surface area contributed by atoms with E-state index in [-0.39, 0.29) is 11.8 Å². The third-order valence-corrected chi connectivity index (χ3v) is 4.57. The van der Waals surface area contributed by atoms with E-state index < -0.39 is 0 Å². The van der Waals surface area contributed by atoms with Crippen molar-refractivity contribution in [2.45, 2.75) is 26.8 Å². The Labute approximate surface area is 147 Å². The maximum Gasteiger partial charge on any atom is 0.226 e. The van der Waals surface area contributed by atoms with Crippen LogP contribution in [0.25, 0.3) is 11.5 Å². The van der Waals surface area contributed by atoms with Gasteiger partial charge in [0.25, 0.3) is 0 Å². The summed E-state index contributed by atoms with van der Waals surface area (Å²) in [6.45, 7) is 6.92. The van der Waals surface area contributed by atoms with Gasteiger partial charge in [0.1, 0.15) is 5.76 Å². The Kier molecular flexibility index (Phi) is 5.21. The quantitative estimate of drug-likeness (QED) is 0.901. The van der Waals surface area contributed by atoms with Gasteiger partial charge in [0.15, 0.2) is 0 Å². The number of oxazole rings is 1. The third kappa shape index (κ3) is 3.79. The monoisotopic (exact) mass is 347 g/mol. The molecular formula is C18H22ClN3O2. The Morgan fingerprint density at radius 1 is 1.50 bits per heavy atom. The van der Waals surface area contributed by atoms with Gasteiger partial charge in [-0.3, -0.25) is 9.69 Å². The van der Waals surface area contributed by atoms with Crippen molar-refractivity contribution in [3.63, 3.8) is 0 Å². The molecule has 24 heavy (non-hydrogen) atoms. The van der Waals surface area contributed by atoms with Gasteiger partial charge in [-0.05, 0) is 45.0 Å². The zero-order valence-electron chi connectivity index (χ0n) is 14.0. The number of benzene rings is 1. The molecule has 0 bridgehead atoms. The first kappa shape index (κ1) is 17.0. The molecule has 1 N–H and O–H groups in total. The van der Waals surface area contributed by atoms with E-state index in [2.05, 4.69) is 15.2 Å². The lowest BCUT2D eigenvalue weighted by Crippen LogP contribution is -2.32. The number of likely N-dealkylation sites (tertiary alicyclic amines) is 1. The first-order valence-electron chi connectivity index (χ1n) is 8.29. The zero-order valence-corrected chi connectivity index (χ0v) is 14.8. The first-order valence-corrected chi connectivity index (χ1v) is 8.67. The van der Waals surface area contributed by atoms with Gasteiger partial charge in [-0.25, -0.2) is 4.98 Å². The molecule has 1 amide bonds. The van der Waals surface area contributed by atoms with Crippen molar-refractivity contribution >= 4 is 17.5 Å². The Hall–Kier alpha value is -1.85. The van der Waals surface area contributed by atoms with Crippen LogP contribution in [0.3, 0.4) is 0 Å². The molecule has 0 spiro atoms. The molecule has 128 valence electrons. The molecule has 1 aliphatic rings. The average Bonchev–Trinajstić information content (AvgIpc) is 3.16. The summed E-state index contributed by atoms with van der Waals surface area (Å²) in [6, 6.07) is 7.49. The summed E-state index contributed by atoms with van der Waals surface area (Å²) in [5, 5.41) is 3.56. The summed E-state index contributed by atoms with van der Waals surface area (Å²) in [7, 11) is 0. The minimum absolute atomic E-state index is 0.0737. The Balaban J connectivity index is 1.67. The van der Waals surface area contributed by atoms with Crippen LogP contribution < -0.4 is 5.32 Å². The SMILES string of the molecule is CCNC(=O)[C@@H]1CCN(Cc2nc(-c3cccc(Cl)c3)oc2C)C1. The van der Waals surface area contributed by atoms with Crippen molar-refractivity contribution in [3.05, 3.63) is 40.7 Å². The number of carbonyl (C=O) groups excluding carboxylic acids is 1. The molecule has 0 unspecified atom stereocenters. The number of hydrogen-bond donors (Lipinski definition) is 1. The normalized spacial score (nSPS) is 18.0. The van der Waals surface area contributed by atoms with Gasteiger partial charge in [0.05, 0.1) is 11.6 Å². The molecule has 0 saturated carbocycles. The van der Waals surface area contributed by atoms with Crippen molar-refractivity contribution in [3.8, 4) is 11.5 Å². The van der Waals surface area contributed by atoms with Crippen molar-refractivity contribution in [2.24, 2.45) is 5.92 Å². The number of carbonyl (C=O) groups is 1. The van der Waals surface area contributed by atoms with E-state index in [1.54, 1.807) is 0 Å². The molecule has 2 heterocycles. The highest BCUT2D eigenvalue weighted by Crippen LogP contribution is 2.26. The van der Waals surface area contributed by atoms with Crippen molar-refractivity contribution < 1.29 is 9.21 Å². The Bertz CT molecular complexity index is 729. The van der Waals surface area contributed by atoms with E-state index in [0.717, 1.165) is 36.5 Å². The largest absolute Gasteiger partial charge is 0.441 e. The first-order chi connectivity index (χ1) is 11.6. The minimum atomic E-state index is 0.0737. The summed E-state index contributed by atoms with van der Waals surface area (Å²) in [5.74, 6) is 1.62. The van der Waals surface area contributed by atoms with Gasteiger partial charge in [0, 0.05) is 30.2 Å². The highest BCUT2D eigenvalue weighted by atomic mass is 35.5. The van der Waals surface area contributed by atoms with Crippen LogP contribution in [0, 0.1) is 12.8 Å². The van der Waals surface area contributed by atoms with E-state index in [1.165, 1.54) is 0 Å². The van der Waals surface area contributed by atoms with Gasteiger partial charge < -0.3 is 9.73 Å². The molecule has 1 aromatic carbocycles. The van der Waals surface area contributed by atoms with E-state index >= 15 is 0 Å². The summed E-state index contributed by atoms with van der Waals surface area (Å²) in [6.07, 6.45) is 0.893. The van der Waals surface area contributed by atoms with Gasteiger partial charge in [-0.15, -0.1) is 0 Å². The van der Waals surface area contributed by atoms with Crippen LogP contribution in [0.1, 0.15) is 24.8 Å². The summed E-state index contributed by atoms with van der Waals surface area (Å²) < 4.78 is 5.80. The molecule has 1 fully saturated rings. The average molecular weight is 348 g/mol. The van der Waals surface area contributed by atoms with E-state index in [0.29, 0.717) is 24.0 Å². The van der Waals surface area contributed by atoms with Crippen LogP contribution in [0.5, 0.6) is 0 Å². The van der Waals surface area contributed by atoms with Crippen LogP contribution in [-0.4, -0.2) is 35.4 Å². The molecule has 6 heteroatoms.